The van der Waals surface area contributed by atoms with Gasteiger partial charge in [-0.1, -0.05) is 47.6 Å². The zero-order valence-corrected chi connectivity index (χ0v) is 18.5. The Labute approximate surface area is 193 Å². The van der Waals surface area contributed by atoms with Gasteiger partial charge in [0.15, 0.2) is 11.0 Å². The molecule has 0 fully saturated rings. The van der Waals surface area contributed by atoms with Gasteiger partial charge in [0.2, 0.25) is 5.91 Å². The molecule has 4 rings (SSSR count). The highest BCUT2D eigenvalue weighted by atomic mass is 35.5. The summed E-state index contributed by atoms with van der Waals surface area (Å²) in [4.78, 5) is 12.5. The first-order valence-electron chi connectivity index (χ1n) is 9.58. The lowest BCUT2D eigenvalue weighted by atomic mass is 10.2. The highest BCUT2D eigenvalue weighted by molar-refractivity contribution is 7.99. The molecule has 0 saturated carbocycles. The second kappa shape index (κ2) is 9.84. The molecule has 4 aromatic rings. The molecule has 0 unspecified atom stereocenters. The zero-order valence-electron chi connectivity index (χ0n) is 17.0. The summed E-state index contributed by atoms with van der Waals surface area (Å²) in [5, 5.41) is 12.1. The number of nitrogens with one attached hydrogen (secondary N) is 1. The molecule has 0 aliphatic carbocycles. The van der Waals surface area contributed by atoms with Gasteiger partial charge in [-0.2, -0.15) is 0 Å². The van der Waals surface area contributed by atoms with Gasteiger partial charge < -0.3 is 10.1 Å². The van der Waals surface area contributed by atoms with Crippen molar-refractivity contribution in [1.82, 2.24) is 14.8 Å². The van der Waals surface area contributed by atoms with Crippen molar-refractivity contribution in [2.75, 3.05) is 18.2 Å². The number of nitrogens with zero attached hydrogens (tertiary/aromatic N) is 3. The van der Waals surface area contributed by atoms with Gasteiger partial charge in [-0.25, -0.2) is 4.39 Å². The van der Waals surface area contributed by atoms with E-state index in [1.165, 1.54) is 6.07 Å². The first kappa shape index (κ1) is 21.9. The molecule has 0 radical (unpaired) electrons. The van der Waals surface area contributed by atoms with Crippen LogP contribution in [0.15, 0.2) is 78.0 Å². The first-order valence-corrected chi connectivity index (χ1v) is 10.9. The van der Waals surface area contributed by atoms with Crippen molar-refractivity contribution in [3.05, 3.63) is 83.6 Å². The number of benzene rings is 3. The Balaban J connectivity index is 1.60. The number of rotatable bonds is 7. The second-order valence-electron chi connectivity index (χ2n) is 6.64. The molecular formula is C23H18ClFN4O2S. The Bertz CT molecular complexity index is 1250. The summed E-state index contributed by atoms with van der Waals surface area (Å²) in [6, 6.07) is 20.5. The van der Waals surface area contributed by atoms with E-state index < -0.39 is 5.82 Å². The van der Waals surface area contributed by atoms with Crippen molar-refractivity contribution in [2.45, 2.75) is 5.16 Å². The summed E-state index contributed by atoms with van der Waals surface area (Å²) in [5.41, 5.74) is 1.52. The van der Waals surface area contributed by atoms with Crippen molar-refractivity contribution in [1.29, 1.82) is 0 Å². The van der Waals surface area contributed by atoms with Crippen LogP contribution < -0.4 is 10.1 Å². The number of amides is 1. The number of halogens is 2. The Kier molecular flexibility index (Phi) is 6.72. The van der Waals surface area contributed by atoms with Crippen LogP contribution in [0.5, 0.6) is 5.75 Å². The van der Waals surface area contributed by atoms with E-state index in [2.05, 4.69) is 15.5 Å². The van der Waals surface area contributed by atoms with Crippen LogP contribution in [0.4, 0.5) is 10.1 Å². The summed E-state index contributed by atoms with van der Waals surface area (Å²) >= 11 is 7.50. The fraction of sp³-hybridized carbons (Fsp3) is 0.0870. The Morgan fingerprint density at radius 3 is 2.50 bits per heavy atom. The number of aromatic nitrogens is 3. The van der Waals surface area contributed by atoms with Crippen LogP contribution in [0, 0.1) is 5.82 Å². The standard InChI is InChI=1S/C23H18ClFN4O2S/c1-31-16-12-10-15(11-13-16)26-21(30)14-32-23-28-27-22(17-6-2-3-7-18(17)24)29(23)20-9-5-4-8-19(20)25/h2-13H,14H2,1H3,(H,26,30). The van der Waals surface area contributed by atoms with Crippen LogP contribution in [0.1, 0.15) is 0 Å². The minimum atomic E-state index is -0.440. The molecule has 3 aromatic carbocycles. The first-order chi connectivity index (χ1) is 15.6. The molecule has 1 amide bonds. The third-order valence-corrected chi connectivity index (χ3v) is 5.81. The summed E-state index contributed by atoms with van der Waals surface area (Å²) in [5.74, 6) is 0.468. The maximum absolute atomic E-state index is 14.7. The predicted molar refractivity (Wildman–Crippen MR) is 124 cm³/mol. The van der Waals surface area contributed by atoms with Crippen LogP contribution in [-0.2, 0) is 4.79 Å². The number of thioether (sulfide) groups is 1. The average molecular weight is 469 g/mol. The molecule has 0 aliphatic rings. The van der Waals surface area contributed by atoms with Crippen LogP contribution in [0.2, 0.25) is 5.02 Å². The van der Waals surface area contributed by atoms with E-state index in [-0.39, 0.29) is 17.3 Å². The molecule has 0 spiro atoms. The number of methoxy groups -OCH3 is 1. The number of carbonyl (C=O) groups excluding carboxylic acids is 1. The molecule has 1 heterocycles. The van der Waals surface area contributed by atoms with Gasteiger partial charge in [0.05, 0.1) is 23.6 Å². The van der Waals surface area contributed by atoms with E-state index >= 15 is 0 Å². The highest BCUT2D eigenvalue weighted by Crippen LogP contribution is 2.32. The Hall–Kier alpha value is -3.36. The summed E-state index contributed by atoms with van der Waals surface area (Å²) < 4.78 is 21.4. The van der Waals surface area contributed by atoms with E-state index in [1.54, 1.807) is 72.3 Å². The van der Waals surface area contributed by atoms with Crippen molar-refractivity contribution in [3.8, 4) is 22.8 Å². The third kappa shape index (κ3) is 4.76. The van der Waals surface area contributed by atoms with Gasteiger partial charge in [0.1, 0.15) is 11.6 Å². The SMILES string of the molecule is COc1ccc(NC(=O)CSc2nnc(-c3ccccc3Cl)n2-c2ccccc2F)cc1. The summed E-state index contributed by atoms with van der Waals surface area (Å²) in [6.45, 7) is 0. The number of hydrogen-bond acceptors (Lipinski definition) is 5. The van der Waals surface area contributed by atoms with Crippen molar-refractivity contribution < 1.29 is 13.9 Å². The van der Waals surface area contributed by atoms with Gasteiger partial charge in [0.25, 0.3) is 0 Å². The maximum Gasteiger partial charge on any atom is 0.234 e. The molecule has 1 aromatic heterocycles. The van der Waals surface area contributed by atoms with Gasteiger partial charge in [-0.15, -0.1) is 10.2 Å². The van der Waals surface area contributed by atoms with Crippen LogP contribution in [0.3, 0.4) is 0 Å². The number of hydrogen-bond donors (Lipinski definition) is 1. The van der Waals surface area contributed by atoms with Gasteiger partial charge in [-0.05, 0) is 48.5 Å². The summed E-state index contributed by atoms with van der Waals surface area (Å²) in [7, 11) is 1.58. The Morgan fingerprint density at radius 1 is 1.06 bits per heavy atom. The van der Waals surface area contributed by atoms with Gasteiger partial charge >= 0.3 is 0 Å². The Morgan fingerprint density at radius 2 is 1.78 bits per heavy atom. The van der Waals surface area contributed by atoms with E-state index in [0.717, 1.165) is 11.8 Å². The van der Waals surface area contributed by atoms with E-state index in [1.807, 2.05) is 6.07 Å². The highest BCUT2D eigenvalue weighted by Gasteiger charge is 2.20. The quantitative estimate of drug-likeness (QED) is 0.364. The molecule has 0 bridgehead atoms. The molecule has 0 atom stereocenters. The lowest BCUT2D eigenvalue weighted by molar-refractivity contribution is -0.113. The topological polar surface area (TPSA) is 69.0 Å². The molecule has 0 saturated heterocycles. The molecule has 32 heavy (non-hydrogen) atoms. The van der Waals surface area contributed by atoms with E-state index in [9.17, 15) is 9.18 Å². The minimum Gasteiger partial charge on any atom is -0.497 e. The lowest BCUT2D eigenvalue weighted by Crippen LogP contribution is -2.14. The average Bonchev–Trinajstić information content (AvgIpc) is 3.22. The molecular weight excluding hydrogens is 451 g/mol. The largest absolute Gasteiger partial charge is 0.497 e. The smallest absolute Gasteiger partial charge is 0.234 e. The van der Waals surface area contributed by atoms with Crippen molar-refractivity contribution in [3.63, 3.8) is 0 Å². The molecule has 1 N–H and O–H groups in total. The normalized spacial score (nSPS) is 10.7. The number of ether oxygens (including phenoxy) is 1. The molecule has 162 valence electrons. The van der Waals surface area contributed by atoms with Gasteiger partial charge in [0, 0.05) is 11.3 Å². The molecule has 6 nitrogen and oxygen atoms in total. The van der Waals surface area contributed by atoms with Crippen LogP contribution >= 0.6 is 23.4 Å². The van der Waals surface area contributed by atoms with E-state index in [0.29, 0.717) is 33.0 Å². The van der Waals surface area contributed by atoms with Crippen molar-refractivity contribution in [2.24, 2.45) is 0 Å². The van der Waals surface area contributed by atoms with E-state index in [4.69, 9.17) is 16.3 Å². The van der Waals surface area contributed by atoms with Crippen molar-refractivity contribution >= 4 is 35.0 Å². The monoisotopic (exact) mass is 468 g/mol. The predicted octanol–water partition coefficient (Wildman–Crippen LogP) is 5.47. The lowest BCUT2D eigenvalue weighted by Gasteiger charge is -2.12. The number of anilines is 1. The third-order valence-electron chi connectivity index (χ3n) is 4.55. The fourth-order valence-electron chi connectivity index (χ4n) is 3.03. The molecule has 9 heteroatoms. The fourth-order valence-corrected chi connectivity index (χ4v) is 4.00. The number of carbonyl (C=O) groups is 1. The molecule has 0 aliphatic heterocycles. The number of para-hydroxylation sites is 1. The summed E-state index contributed by atoms with van der Waals surface area (Å²) in [6.07, 6.45) is 0. The maximum atomic E-state index is 14.7. The van der Waals surface area contributed by atoms with Crippen LogP contribution in [-0.4, -0.2) is 33.5 Å². The second-order valence-corrected chi connectivity index (χ2v) is 7.99. The van der Waals surface area contributed by atoms with Crippen LogP contribution in [0.25, 0.3) is 17.1 Å². The zero-order chi connectivity index (χ0) is 22.5. The van der Waals surface area contributed by atoms with Gasteiger partial charge in [-0.3, -0.25) is 9.36 Å². The minimum absolute atomic E-state index is 0.0567.